The van der Waals surface area contributed by atoms with Gasteiger partial charge in [-0.2, -0.15) is 0 Å². The molecule has 1 aliphatic heterocycles. The molecular formula is C10H12BrClN2O2S. The van der Waals surface area contributed by atoms with Crippen LogP contribution in [-0.2, 0) is 10.0 Å². The Balaban J connectivity index is 2.28. The Morgan fingerprint density at radius 2 is 2.24 bits per heavy atom. The van der Waals surface area contributed by atoms with E-state index in [0.29, 0.717) is 11.0 Å². The van der Waals surface area contributed by atoms with Crippen molar-refractivity contribution in [3.63, 3.8) is 0 Å². The Kier molecular flexibility index (Phi) is 4.10. The number of rotatable bonds is 3. The molecule has 1 unspecified atom stereocenters. The summed E-state index contributed by atoms with van der Waals surface area (Å²) < 4.78 is 27.5. The van der Waals surface area contributed by atoms with Gasteiger partial charge in [0.2, 0.25) is 10.0 Å². The van der Waals surface area contributed by atoms with Gasteiger partial charge in [-0.05, 0) is 41.0 Å². The summed E-state index contributed by atoms with van der Waals surface area (Å²) in [5, 5.41) is 3.32. The van der Waals surface area contributed by atoms with E-state index < -0.39 is 10.0 Å². The van der Waals surface area contributed by atoms with Crippen LogP contribution in [0.15, 0.2) is 27.6 Å². The lowest BCUT2D eigenvalue weighted by Gasteiger charge is -2.13. The minimum absolute atomic E-state index is 0.0601. The molecule has 0 aromatic heterocycles. The van der Waals surface area contributed by atoms with E-state index in [1.165, 1.54) is 6.07 Å². The van der Waals surface area contributed by atoms with Crippen molar-refractivity contribution in [1.82, 2.24) is 10.0 Å². The van der Waals surface area contributed by atoms with Gasteiger partial charge in [-0.3, -0.25) is 0 Å². The molecule has 1 aliphatic rings. The van der Waals surface area contributed by atoms with E-state index in [4.69, 9.17) is 11.6 Å². The number of nitrogens with one attached hydrogen (secondary N) is 2. The van der Waals surface area contributed by atoms with Gasteiger partial charge in [0.15, 0.2) is 0 Å². The van der Waals surface area contributed by atoms with Gasteiger partial charge in [-0.25, -0.2) is 13.1 Å². The van der Waals surface area contributed by atoms with Crippen molar-refractivity contribution >= 4 is 37.6 Å². The lowest BCUT2D eigenvalue weighted by molar-refractivity contribution is 0.560. The van der Waals surface area contributed by atoms with Crippen molar-refractivity contribution < 1.29 is 8.42 Å². The SMILES string of the molecule is O=S(=O)(NC1CCNC1)c1cccc(Br)c1Cl. The number of hydrogen-bond donors (Lipinski definition) is 2. The highest BCUT2D eigenvalue weighted by atomic mass is 79.9. The van der Waals surface area contributed by atoms with Crippen LogP contribution in [-0.4, -0.2) is 27.5 Å². The Hall–Kier alpha value is -0.140. The van der Waals surface area contributed by atoms with E-state index >= 15 is 0 Å². The normalized spacial score (nSPS) is 20.7. The predicted octanol–water partition coefficient (Wildman–Crippen LogP) is 1.74. The molecule has 17 heavy (non-hydrogen) atoms. The maximum absolute atomic E-state index is 12.1. The topological polar surface area (TPSA) is 58.2 Å². The molecule has 7 heteroatoms. The van der Waals surface area contributed by atoms with Crippen molar-refractivity contribution in [3.8, 4) is 0 Å². The van der Waals surface area contributed by atoms with Gasteiger partial charge < -0.3 is 5.32 Å². The monoisotopic (exact) mass is 338 g/mol. The highest BCUT2D eigenvalue weighted by Gasteiger charge is 2.24. The fourth-order valence-corrected chi connectivity index (χ4v) is 4.03. The third-order valence-electron chi connectivity index (χ3n) is 2.59. The summed E-state index contributed by atoms with van der Waals surface area (Å²) in [5.74, 6) is 0. The Morgan fingerprint density at radius 1 is 1.47 bits per heavy atom. The van der Waals surface area contributed by atoms with E-state index in [-0.39, 0.29) is 16.0 Å². The first-order valence-corrected chi connectivity index (χ1v) is 7.83. The molecule has 0 bridgehead atoms. The van der Waals surface area contributed by atoms with E-state index in [9.17, 15) is 8.42 Å². The summed E-state index contributed by atoms with van der Waals surface area (Å²) >= 11 is 9.20. The molecule has 1 aromatic rings. The Morgan fingerprint density at radius 3 is 2.88 bits per heavy atom. The molecule has 94 valence electrons. The molecule has 0 amide bonds. The van der Waals surface area contributed by atoms with E-state index in [2.05, 4.69) is 26.0 Å². The van der Waals surface area contributed by atoms with Gasteiger partial charge in [0.1, 0.15) is 4.90 Å². The zero-order chi connectivity index (χ0) is 12.5. The molecule has 1 atom stereocenters. The summed E-state index contributed by atoms with van der Waals surface area (Å²) in [6, 6.07) is 4.79. The third-order valence-corrected chi connectivity index (χ3v) is 5.56. The second-order valence-electron chi connectivity index (χ2n) is 3.86. The fraction of sp³-hybridized carbons (Fsp3) is 0.400. The van der Waals surface area contributed by atoms with Gasteiger partial charge in [0.05, 0.1) is 5.02 Å². The summed E-state index contributed by atoms with van der Waals surface area (Å²) in [6.07, 6.45) is 0.796. The highest BCUT2D eigenvalue weighted by Crippen LogP contribution is 2.29. The maximum atomic E-state index is 12.1. The van der Waals surface area contributed by atoms with Crippen LogP contribution in [0.3, 0.4) is 0 Å². The summed E-state index contributed by atoms with van der Waals surface area (Å²) in [4.78, 5) is 0.112. The number of sulfonamides is 1. The summed E-state index contributed by atoms with van der Waals surface area (Å²) in [7, 11) is -3.55. The fourth-order valence-electron chi connectivity index (χ4n) is 1.73. The van der Waals surface area contributed by atoms with Gasteiger partial charge >= 0.3 is 0 Å². The molecule has 2 rings (SSSR count). The first-order chi connectivity index (χ1) is 8.00. The first-order valence-electron chi connectivity index (χ1n) is 5.18. The molecule has 1 heterocycles. The van der Waals surface area contributed by atoms with Crippen molar-refractivity contribution in [3.05, 3.63) is 27.7 Å². The third kappa shape index (κ3) is 3.00. The standard InChI is InChI=1S/C10H12BrClN2O2S/c11-8-2-1-3-9(10(8)12)17(15,16)14-7-4-5-13-6-7/h1-3,7,13-14H,4-6H2. The van der Waals surface area contributed by atoms with Gasteiger partial charge in [-0.1, -0.05) is 17.7 Å². The minimum Gasteiger partial charge on any atom is -0.315 e. The van der Waals surface area contributed by atoms with Crippen molar-refractivity contribution in [2.75, 3.05) is 13.1 Å². The zero-order valence-corrected chi connectivity index (χ0v) is 12.1. The molecule has 1 fully saturated rings. The number of hydrogen-bond acceptors (Lipinski definition) is 3. The molecule has 4 nitrogen and oxygen atoms in total. The zero-order valence-electron chi connectivity index (χ0n) is 8.91. The molecule has 0 aliphatic carbocycles. The first kappa shape index (κ1) is 13.3. The quantitative estimate of drug-likeness (QED) is 0.882. The van der Waals surface area contributed by atoms with Crippen LogP contribution in [0, 0.1) is 0 Å². The van der Waals surface area contributed by atoms with Crippen LogP contribution in [0.4, 0.5) is 0 Å². The lowest BCUT2D eigenvalue weighted by Crippen LogP contribution is -2.36. The van der Waals surface area contributed by atoms with Crippen LogP contribution in [0.2, 0.25) is 5.02 Å². The van der Waals surface area contributed by atoms with E-state index in [0.717, 1.165) is 13.0 Å². The average Bonchev–Trinajstić information content (AvgIpc) is 2.73. The van der Waals surface area contributed by atoms with Crippen LogP contribution < -0.4 is 10.0 Å². The van der Waals surface area contributed by atoms with Gasteiger partial charge in [0.25, 0.3) is 0 Å². The molecular weight excluding hydrogens is 328 g/mol. The Labute approximate surface area is 114 Å². The summed E-state index contributed by atoms with van der Waals surface area (Å²) in [6.45, 7) is 1.49. The minimum atomic E-state index is -3.55. The smallest absolute Gasteiger partial charge is 0.242 e. The van der Waals surface area contributed by atoms with Crippen molar-refractivity contribution in [2.24, 2.45) is 0 Å². The summed E-state index contributed by atoms with van der Waals surface area (Å²) in [5.41, 5.74) is 0. The molecule has 0 radical (unpaired) electrons. The lowest BCUT2D eigenvalue weighted by atomic mass is 10.3. The largest absolute Gasteiger partial charge is 0.315 e. The maximum Gasteiger partial charge on any atom is 0.242 e. The average molecular weight is 340 g/mol. The van der Waals surface area contributed by atoms with Crippen molar-refractivity contribution in [2.45, 2.75) is 17.4 Å². The van der Waals surface area contributed by atoms with Gasteiger partial charge in [0, 0.05) is 17.1 Å². The van der Waals surface area contributed by atoms with Crippen LogP contribution in [0.1, 0.15) is 6.42 Å². The van der Waals surface area contributed by atoms with E-state index in [1.54, 1.807) is 12.1 Å². The second kappa shape index (κ2) is 5.24. The molecule has 0 saturated carbocycles. The molecule has 1 saturated heterocycles. The van der Waals surface area contributed by atoms with Crippen LogP contribution in [0.25, 0.3) is 0 Å². The predicted molar refractivity (Wildman–Crippen MR) is 70.7 cm³/mol. The molecule has 0 spiro atoms. The number of halogens is 2. The van der Waals surface area contributed by atoms with Gasteiger partial charge in [-0.15, -0.1) is 0 Å². The highest BCUT2D eigenvalue weighted by molar-refractivity contribution is 9.10. The second-order valence-corrected chi connectivity index (χ2v) is 6.78. The van der Waals surface area contributed by atoms with Crippen molar-refractivity contribution in [1.29, 1.82) is 0 Å². The van der Waals surface area contributed by atoms with Crippen LogP contribution in [0.5, 0.6) is 0 Å². The Bertz CT molecular complexity index is 515. The molecule has 1 aromatic carbocycles. The van der Waals surface area contributed by atoms with E-state index in [1.807, 2.05) is 0 Å². The number of benzene rings is 1. The molecule has 2 N–H and O–H groups in total. The van der Waals surface area contributed by atoms with Crippen LogP contribution >= 0.6 is 27.5 Å².